The van der Waals surface area contributed by atoms with Crippen molar-refractivity contribution >= 4 is 51.1 Å². The summed E-state index contributed by atoms with van der Waals surface area (Å²) in [6.45, 7) is 1.90. The van der Waals surface area contributed by atoms with Gasteiger partial charge in [-0.05, 0) is 47.9 Å². The van der Waals surface area contributed by atoms with E-state index in [0.717, 1.165) is 36.7 Å². The zero-order valence-corrected chi connectivity index (χ0v) is 13.5. The first-order valence-corrected chi connectivity index (χ1v) is 7.45. The van der Waals surface area contributed by atoms with E-state index < -0.39 is 0 Å². The molecule has 1 heterocycles. The van der Waals surface area contributed by atoms with Crippen LogP contribution in [0.3, 0.4) is 0 Å². The number of benzene rings is 2. The van der Waals surface area contributed by atoms with E-state index in [-0.39, 0.29) is 18.3 Å². The van der Waals surface area contributed by atoms with E-state index in [1.165, 1.54) is 16.5 Å². The molecule has 4 heteroatoms. The number of carbonyl (C=O) groups excluding carboxylic acids is 1. The average molecular weight is 355 g/mol. The Bertz CT molecular complexity index is 616. The number of rotatable bonds is 2. The van der Waals surface area contributed by atoms with Crippen LogP contribution in [0.1, 0.15) is 12.8 Å². The number of hydrogen-bond acceptors (Lipinski definition) is 2. The standard InChI is InChI=1S/C16H16BrNO.ClH/c17-15-5-3-14-9-16(6-4-13(14)8-15)18-7-1-2-12(10-18)11-19;/h3-6,8-9,11-12H,1-2,7,10H2;1H. The lowest BCUT2D eigenvalue weighted by atomic mass is 9.98. The second-order valence-corrected chi connectivity index (χ2v) is 6.08. The predicted molar refractivity (Wildman–Crippen MR) is 89.9 cm³/mol. The number of nitrogens with zero attached hydrogens (tertiary/aromatic N) is 1. The first-order valence-electron chi connectivity index (χ1n) is 6.66. The van der Waals surface area contributed by atoms with Crippen LogP contribution in [-0.4, -0.2) is 19.4 Å². The molecule has 0 bridgehead atoms. The molecular formula is C16H17BrClNO. The Balaban J connectivity index is 0.00000147. The molecule has 1 aliphatic rings. The van der Waals surface area contributed by atoms with Crippen molar-refractivity contribution in [3.8, 4) is 0 Å². The highest BCUT2D eigenvalue weighted by atomic mass is 79.9. The van der Waals surface area contributed by atoms with Crippen molar-refractivity contribution in [1.29, 1.82) is 0 Å². The van der Waals surface area contributed by atoms with E-state index in [2.05, 4.69) is 57.2 Å². The Hall–Kier alpha value is -1.06. The smallest absolute Gasteiger partial charge is 0.124 e. The molecule has 106 valence electrons. The molecule has 1 unspecified atom stereocenters. The Morgan fingerprint density at radius 2 is 1.90 bits per heavy atom. The predicted octanol–water partition coefficient (Wildman–Crippen LogP) is 4.44. The maximum absolute atomic E-state index is 11.0. The van der Waals surface area contributed by atoms with Crippen molar-refractivity contribution in [2.75, 3.05) is 18.0 Å². The number of halogens is 2. The molecule has 1 atom stereocenters. The SMILES string of the molecule is Cl.O=CC1CCCN(c2ccc3cc(Br)ccc3c2)C1. The molecule has 0 aliphatic carbocycles. The van der Waals surface area contributed by atoms with Gasteiger partial charge in [0.2, 0.25) is 0 Å². The first-order chi connectivity index (χ1) is 9.26. The van der Waals surface area contributed by atoms with Gasteiger partial charge >= 0.3 is 0 Å². The molecule has 0 aromatic heterocycles. The number of carbonyl (C=O) groups is 1. The molecule has 0 N–H and O–H groups in total. The van der Waals surface area contributed by atoms with Crippen LogP contribution in [0.2, 0.25) is 0 Å². The average Bonchev–Trinajstić information content (AvgIpc) is 2.46. The summed E-state index contributed by atoms with van der Waals surface area (Å²) in [6, 6.07) is 12.8. The second-order valence-electron chi connectivity index (χ2n) is 5.16. The lowest BCUT2D eigenvalue weighted by molar-refractivity contribution is -0.111. The van der Waals surface area contributed by atoms with Crippen LogP contribution >= 0.6 is 28.3 Å². The second kappa shape index (κ2) is 6.59. The molecule has 2 nitrogen and oxygen atoms in total. The van der Waals surface area contributed by atoms with E-state index in [1.54, 1.807) is 0 Å². The maximum Gasteiger partial charge on any atom is 0.124 e. The van der Waals surface area contributed by atoms with Crippen LogP contribution in [0.5, 0.6) is 0 Å². The first kappa shape index (κ1) is 15.3. The minimum absolute atomic E-state index is 0. The molecular weight excluding hydrogens is 338 g/mol. The summed E-state index contributed by atoms with van der Waals surface area (Å²) in [4.78, 5) is 13.3. The van der Waals surface area contributed by atoms with Gasteiger partial charge in [0.05, 0.1) is 0 Å². The molecule has 2 aromatic carbocycles. The van der Waals surface area contributed by atoms with Crippen molar-refractivity contribution in [3.63, 3.8) is 0 Å². The summed E-state index contributed by atoms with van der Waals surface area (Å²) in [7, 11) is 0. The highest BCUT2D eigenvalue weighted by Crippen LogP contribution is 2.27. The summed E-state index contributed by atoms with van der Waals surface area (Å²) in [5.74, 6) is 0.189. The molecule has 0 radical (unpaired) electrons. The van der Waals surface area contributed by atoms with Crippen LogP contribution in [0.25, 0.3) is 10.8 Å². The van der Waals surface area contributed by atoms with E-state index in [1.807, 2.05) is 0 Å². The quantitative estimate of drug-likeness (QED) is 0.743. The van der Waals surface area contributed by atoms with Gasteiger partial charge in [-0.25, -0.2) is 0 Å². The molecule has 3 rings (SSSR count). The monoisotopic (exact) mass is 353 g/mol. The van der Waals surface area contributed by atoms with Gasteiger partial charge in [-0.3, -0.25) is 0 Å². The van der Waals surface area contributed by atoms with Crippen molar-refractivity contribution in [3.05, 3.63) is 40.9 Å². The van der Waals surface area contributed by atoms with Gasteiger partial charge in [0.15, 0.2) is 0 Å². The lowest BCUT2D eigenvalue weighted by Gasteiger charge is -2.32. The highest BCUT2D eigenvalue weighted by molar-refractivity contribution is 9.10. The van der Waals surface area contributed by atoms with Gasteiger partial charge < -0.3 is 9.69 Å². The topological polar surface area (TPSA) is 20.3 Å². The van der Waals surface area contributed by atoms with Crippen molar-refractivity contribution in [2.24, 2.45) is 5.92 Å². The summed E-state index contributed by atoms with van der Waals surface area (Å²) in [6.07, 6.45) is 3.23. The normalized spacial score (nSPS) is 18.6. The highest BCUT2D eigenvalue weighted by Gasteiger charge is 2.19. The lowest BCUT2D eigenvalue weighted by Crippen LogP contribution is -2.35. The van der Waals surface area contributed by atoms with E-state index >= 15 is 0 Å². The third-order valence-corrected chi connectivity index (χ3v) is 4.29. The minimum Gasteiger partial charge on any atom is -0.371 e. The summed E-state index contributed by atoms with van der Waals surface area (Å²) in [5.41, 5.74) is 1.22. The molecule has 1 aliphatic heterocycles. The largest absolute Gasteiger partial charge is 0.371 e. The van der Waals surface area contributed by atoms with Gasteiger partial charge in [0.25, 0.3) is 0 Å². The fourth-order valence-corrected chi connectivity index (χ4v) is 3.14. The molecule has 1 saturated heterocycles. The van der Waals surface area contributed by atoms with Gasteiger partial charge in [-0.2, -0.15) is 0 Å². The minimum atomic E-state index is 0. The molecule has 0 saturated carbocycles. The van der Waals surface area contributed by atoms with Crippen LogP contribution < -0.4 is 4.90 Å². The van der Waals surface area contributed by atoms with E-state index in [9.17, 15) is 4.79 Å². The number of fused-ring (bicyclic) bond motifs is 1. The van der Waals surface area contributed by atoms with Crippen molar-refractivity contribution in [2.45, 2.75) is 12.8 Å². The van der Waals surface area contributed by atoms with Gasteiger partial charge in [0, 0.05) is 29.2 Å². The number of hydrogen-bond donors (Lipinski definition) is 0. The molecule has 20 heavy (non-hydrogen) atoms. The summed E-state index contributed by atoms with van der Waals surface area (Å²) < 4.78 is 1.10. The molecule has 0 spiro atoms. The van der Waals surface area contributed by atoms with Crippen LogP contribution in [-0.2, 0) is 4.79 Å². The fourth-order valence-electron chi connectivity index (χ4n) is 2.76. The molecule has 0 amide bonds. The zero-order chi connectivity index (χ0) is 13.2. The number of piperidine rings is 1. The Morgan fingerprint density at radius 1 is 1.15 bits per heavy atom. The Kier molecular flexibility index (Phi) is 5.06. The third-order valence-electron chi connectivity index (χ3n) is 3.80. The number of aldehydes is 1. The van der Waals surface area contributed by atoms with Crippen molar-refractivity contribution < 1.29 is 4.79 Å². The number of anilines is 1. The van der Waals surface area contributed by atoms with Crippen LogP contribution in [0, 0.1) is 5.92 Å². The van der Waals surface area contributed by atoms with E-state index in [4.69, 9.17) is 0 Å². The van der Waals surface area contributed by atoms with Crippen LogP contribution in [0.15, 0.2) is 40.9 Å². The summed E-state index contributed by atoms with van der Waals surface area (Å²) in [5, 5.41) is 2.48. The third kappa shape index (κ3) is 3.15. The fraction of sp³-hybridized carbons (Fsp3) is 0.312. The molecule has 2 aromatic rings. The molecule has 1 fully saturated rings. The zero-order valence-electron chi connectivity index (χ0n) is 11.1. The van der Waals surface area contributed by atoms with Crippen molar-refractivity contribution in [1.82, 2.24) is 0 Å². The van der Waals surface area contributed by atoms with Gasteiger partial charge in [-0.15, -0.1) is 12.4 Å². The van der Waals surface area contributed by atoms with Crippen LogP contribution in [0.4, 0.5) is 5.69 Å². The maximum atomic E-state index is 11.0. The van der Waals surface area contributed by atoms with Gasteiger partial charge in [0.1, 0.15) is 6.29 Å². The Morgan fingerprint density at radius 3 is 2.70 bits per heavy atom. The Labute approximate surface area is 133 Å². The summed E-state index contributed by atoms with van der Waals surface area (Å²) >= 11 is 3.50. The van der Waals surface area contributed by atoms with E-state index in [0.29, 0.717) is 0 Å². The van der Waals surface area contributed by atoms with Gasteiger partial charge in [-0.1, -0.05) is 28.1 Å².